The molecule has 0 unspecified atom stereocenters. The molecule has 1 aromatic carbocycles. The molecular weight excluding hydrogens is 299 g/mol. The van der Waals surface area contributed by atoms with Crippen LogP contribution in [0.4, 0.5) is 10.1 Å². The molecule has 0 radical (unpaired) electrons. The molecule has 1 aromatic rings. The Hall–Kier alpha value is -2.35. The van der Waals surface area contributed by atoms with Crippen molar-refractivity contribution in [1.82, 2.24) is 4.90 Å². The molecule has 1 heterocycles. The molecule has 0 atom stereocenters. The zero-order valence-corrected chi connectivity index (χ0v) is 13.2. The lowest BCUT2D eigenvalue weighted by molar-refractivity contribution is 0.157. The van der Waals surface area contributed by atoms with Crippen molar-refractivity contribution in [3.8, 4) is 5.75 Å². The summed E-state index contributed by atoms with van der Waals surface area (Å²) in [5.41, 5.74) is 16.2. The van der Waals surface area contributed by atoms with Gasteiger partial charge in [-0.15, -0.1) is 0 Å². The van der Waals surface area contributed by atoms with Crippen molar-refractivity contribution in [2.24, 2.45) is 33.1 Å². The molecule has 0 aliphatic carbocycles. The van der Waals surface area contributed by atoms with E-state index in [4.69, 9.17) is 21.9 Å². The molecule has 1 fully saturated rings. The van der Waals surface area contributed by atoms with E-state index < -0.39 is 5.82 Å². The van der Waals surface area contributed by atoms with Gasteiger partial charge in [0.2, 0.25) is 5.96 Å². The molecule has 1 aliphatic rings. The van der Waals surface area contributed by atoms with Gasteiger partial charge < -0.3 is 26.8 Å². The van der Waals surface area contributed by atoms with E-state index in [0.29, 0.717) is 18.2 Å². The largest absolute Gasteiger partial charge is 0.490 e. The van der Waals surface area contributed by atoms with Gasteiger partial charge in [-0.25, -0.2) is 9.38 Å². The Kier molecular flexibility index (Phi) is 5.75. The zero-order valence-electron chi connectivity index (χ0n) is 13.2. The van der Waals surface area contributed by atoms with Crippen molar-refractivity contribution in [2.45, 2.75) is 12.8 Å². The summed E-state index contributed by atoms with van der Waals surface area (Å²) in [5, 5.41) is 0. The third kappa shape index (κ3) is 5.41. The number of likely N-dealkylation sites (tertiary alicyclic amines) is 1. The second-order valence-corrected chi connectivity index (χ2v) is 5.68. The molecule has 1 aliphatic heterocycles. The van der Waals surface area contributed by atoms with Gasteiger partial charge in [0.05, 0.1) is 12.3 Å². The standard InChI is InChI=1S/C15H23FN6O/c1-22-6-4-10(5-7-22)9-23-13-3-2-11(8-12(13)16)20-15(19)21-14(17)18/h2-3,8,10H,4-7,9H2,1H3,(H6,17,18,19,20,21). The number of hydrogen-bond donors (Lipinski definition) is 3. The zero-order chi connectivity index (χ0) is 16.8. The summed E-state index contributed by atoms with van der Waals surface area (Å²) in [5.74, 6) is -0.157. The average Bonchev–Trinajstić information content (AvgIpc) is 2.47. The van der Waals surface area contributed by atoms with Crippen LogP contribution in [-0.4, -0.2) is 43.6 Å². The summed E-state index contributed by atoms with van der Waals surface area (Å²) < 4.78 is 19.6. The van der Waals surface area contributed by atoms with Crippen LogP contribution >= 0.6 is 0 Å². The number of aliphatic imine (C=N–C) groups is 2. The highest BCUT2D eigenvalue weighted by Crippen LogP contribution is 2.25. The maximum Gasteiger partial charge on any atom is 0.223 e. The number of guanidine groups is 2. The molecule has 7 nitrogen and oxygen atoms in total. The van der Waals surface area contributed by atoms with Crippen LogP contribution in [0.1, 0.15) is 12.8 Å². The number of halogens is 1. The Bertz CT molecular complexity index is 592. The van der Waals surface area contributed by atoms with Crippen molar-refractivity contribution >= 4 is 17.6 Å². The summed E-state index contributed by atoms with van der Waals surface area (Å²) in [6.07, 6.45) is 2.13. The minimum Gasteiger partial charge on any atom is -0.490 e. The Morgan fingerprint density at radius 3 is 2.61 bits per heavy atom. The van der Waals surface area contributed by atoms with E-state index in [1.165, 1.54) is 12.1 Å². The highest BCUT2D eigenvalue weighted by Gasteiger charge is 2.17. The second-order valence-electron chi connectivity index (χ2n) is 5.68. The van der Waals surface area contributed by atoms with E-state index in [1.807, 2.05) is 0 Å². The molecule has 126 valence electrons. The van der Waals surface area contributed by atoms with Crippen LogP contribution < -0.4 is 21.9 Å². The first-order valence-corrected chi connectivity index (χ1v) is 7.48. The van der Waals surface area contributed by atoms with Gasteiger partial charge in [-0.3, -0.25) is 0 Å². The predicted octanol–water partition coefficient (Wildman–Crippen LogP) is 0.766. The van der Waals surface area contributed by atoms with Crippen molar-refractivity contribution in [3.05, 3.63) is 24.0 Å². The number of nitrogens with zero attached hydrogens (tertiary/aromatic N) is 3. The summed E-state index contributed by atoms with van der Waals surface area (Å²) >= 11 is 0. The van der Waals surface area contributed by atoms with Crippen molar-refractivity contribution in [2.75, 3.05) is 26.7 Å². The maximum absolute atomic E-state index is 14.1. The van der Waals surface area contributed by atoms with Gasteiger partial charge in [0.15, 0.2) is 17.5 Å². The monoisotopic (exact) mass is 322 g/mol. The molecule has 2 rings (SSSR count). The van der Waals surface area contributed by atoms with E-state index >= 15 is 0 Å². The molecule has 1 saturated heterocycles. The number of rotatable bonds is 4. The number of ether oxygens (including phenoxy) is 1. The minimum absolute atomic E-state index is 0.135. The van der Waals surface area contributed by atoms with E-state index in [-0.39, 0.29) is 17.7 Å². The number of nitrogens with two attached hydrogens (primary N) is 3. The Balaban J connectivity index is 1.95. The van der Waals surface area contributed by atoms with Crippen molar-refractivity contribution < 1.29 is 9.13 Å². The Labute approximate surface area is 135 Å². The van der Waals surface area contributed by atoms with Gasteiger partial charge in [-0.05, 0) is 51.0 Å². The van der Waals surface area contributed by atoms with Crippen LogP contribution in [0.15, 0.2) is 28.2 Å². The van der Waals surface area contributed by atoms with Crippen molar-refractivity contribution in [1.29, 1.82) is 0 Å². The predicted molar refractivity (Wildman–Crippen MR) is 89.2 cm³/mol. The van der Waals surface area contributed by atoms with Crippen LogP contribution in [0.25, 0.3) is 0 Å². The molecule has 6 N–H and O–H groups in total. The average molecular weight is 322 g/mol. The normalized spacial score (nSPS) is 17.0. The molecule has 0 aromatic heterocycles. The van der Waals surface area contributed by atoms with E-state index in [9.17, 15) is 4.39 Å². The highest BCUT2D eigenvalue weighted by atomic mass is 19.1. The first kappa shape index (κ1) is 17.0. The van der Waals surface area contributed by atoms with Gasteiger partial charge in [0.25, 0.3) is 0 Å². The van der Waals surface area contributed by atoms with Gasteiger partial charge in [0, 0.05) is 6.07 Å². The Morgan fingerprint density at radius 2 is 2.00 bits per heavy atom. The first-order valence-electron chi connectivity index (χ1n) is 7.48. The number of benzene rings is 1. The van der Waals surface area contributed by atoms with E-state index in [2.05, 4.69) is 21.9 Å². The van der Waals surface area contributed by atoms with Gasteiger partial charge in [-0.1, -0.05) is 0 Å². The van der Waals surface area contributed by atoms with Crippen LogP contribution in [0, 0.1) is 11.7 Å². The van der Waals surface area contributed by atoms with E-state index in [1.54, 1.807) is 6.07 Å². The molecule has 0 bridgehead atoms. The van der Waals surface area contributed by atoms with Crippen LogP contribution in [-0.2, 0) is 0 Å². The quantitative estimate of drug-likeness (QED) is 0.559. The summed E-state index contributed by atoms with van der Waals surface area (Å²) in [6.45, 7) is 2.62. The number of hydrogen-bond acceptors (Lipinski definition) is 3. The Morgan fingerprint density at radius 1 is 1.30 bits per heavy atom. The van der Waals surface area contributed by atoms with Crippen LogP contribution in [0.5, 0.6) is 5.75 Å². The van der Waals surface area contributed by atoms with E-state index in [0.717, 1.165) is 25.9 Å². The van der Waals surface area contributed by atoms with Gasteiger partial charge >= 0.3 is 0 Å². The summed E-state index contributed by atoms with van der Waals surface area (Å²) in [4.78, 5) is 9.76. The third-order valence-electron chi connectivity index (χ3n) is 3.72. The summed E-state index contributed by atoms with van der Waals surface area (Å²) in [7, 11) is 2.10. The van der Waals surface area contributed by atoms with Gasteiger partial charge in [-0.2, -0.15) is 4.99 Å². The first-order chi connectivity index (χ1) is 10.9. The molecule has 0 spiro atoms. The second kappa shape index (κ2) is 7.77. The van der Waals surface area contributed by atoms with Crippen LogP contribution in [0.2, 0.25) is 0 Å². The minimum atomic E-state index is -0.489. The smallest absolute Gasteiger partial charge is 0.223 e. The molecule has 23 heavy (non-hydrogen) atoms. The lowest BCUT2D eigenvalue weighted by Crippen LogP contribution is -2.32. The van der Waals surface area contributed by atoms with Crippen LogP contribution in [0.3, 0.4) is 0 Å². The molecule has 8 heteroatoms. The SMILES string of the molecule is CN1CCC(COc2ccc(N=C(N)N=C(N)N)cc2F)CC1. The fraction of sp³-hybridized carbons (Fsp3) is 0.467. The fourth-order valence-electron chi connectivity index (χ4n) is 2.40. The number of piperidine rings is 1. The lowest BCUT2D eigenvalue weighted by Gasteiger charge is -2.28. The van der Waals surface area contributed by atoms with Crippen molar-refractivity contribution in [3.63, 3.8) is 0 Å². The fourth-order valence-corrected chi connectivity index (χ4v) is 2.40. The van der Waals surface area contributed by atoms with Gasteiger partial charge in [0.1, 0.15) is 0 Å². The topological polar surface area (TPSA) is 115 Å². The summed E-state index contributed by atoms with van der Waals surface area (Å²) in [6, 6.07) is 4.37. The lowest BCUT2D eigenvalue weighted by atomic mass is 9.98. The highest BCUT2D eigenvalue weighted by molar-refractivity contribution is 5.93. The molecule has 0 amide bonds. The third-order valence-corrected chi connectivity index (χ3v) is 3.72. The maximum atomic E-state index is 14.1. The molecule has 0 saturated carbocycles. The molecular formula is C15H23FN6O.